The highest BCUT2D eigenvalue weighted by Gasteiger charge is 2.38. The molecule has 0 N–H and O–H groups in total. The average molecular weight is 727 g/mol. The number of nitrogens with zero attached hydrogens (tertiary/aromatic N) is 6. The molecule has 2 aromatic carbocycles. The first-order chi connectivity index (χ1) is 24.0. The van der Waals surface area contributed by atoms with Crippen LogP contribution in [0.5, 0.6) is 0 Å². The first kappa shape index (κ1) is 41.1. The quantitative estimate of drug-likeness (QED) is 0.262. The number of amides is 4. The van der Waals surface area contributed by atoms with E-state index < -0.39 is 21.0 Å². The fourth-order valence-electron chi connectivity index (χ4n) is 6.14. The molecule has 0 radical (unpaired) electrons. The standard InChI is InChI=1S/2C18H25N3O5/c2*1-12-10-19(11-13(2)20(12)17(23)26-18(3,4)5)16(22)14-6-8-15(9-7-14)21(24)25/h2*6-9,12-13H,10-11H2,1-5H3/t2*12-,13+. The number of nitro groups is 2. The van der Waals surface area contributed by atoms with E-state index in [1.807, 2.05) is 69.2 Å². The topological polar surface area (TPSA) is 186 Å². The maximum absolute atomic E-state index is 12.7. The van der Waals surface area contributed by atoms with Crippen molar-refractivity contribution < 1.29 is 38.5 Å². The van der Waals surface area contributed by atoms with Crippen molar-refractivity contribution in [3.05, 3.63) is 79.9 Å². The number of hydrogen-bond acceptors (Lipinski definition) is 10. The molecule has 2 saturated heterocycles. The Kier molecular flexibility index (Phi) is 13.0. The van der Waals surface area contributed by atoms with Gasteiger partial charge in [-0.1, -0.05) is 0 Å². The Labute approximate surface area is 303 Å². The van der Waals surface area contributed by atoms with Crippen molar-refractivity contribution in [2.45, 2.75) is 105 Å². The van der Waals surface area contributed by atoms with Crippen LogP contribution in [0.2, 0.25) is 0 Å². The van der Waals surface area contributed by atoms with Crippen LogP contribution in [0, 0.1) is 20.2 Å². The van der Waals surface area contributed by atoms with Crippen molar-refractivity contribution in [2.75, 3.05) is 26.2 Å². The van der Waals surface area contributed by atoms with Gasteiger partial charge in [-0.15, -0.1) is 0 Å². The monoisotopic (exact) mass is 726 g/mol. The van der Waals surface area contributed by atoms with Crippen LogP contribution in [-0.4, -0.2) is 115 Å². The van der Waals surface area contributed by atoms with Crippen LogP contribution in [0.4, 0.5) is 21.0 Å². The summed E-state index contributed by atoms with van der Waals surface area (Å²) in [5, 5.41) is 21.5. The van der Waals surface area contributed by atoms with Gasteiger partial charge in [0.1, 0.15) is 11.2 Å². The summed E-state index contributed by atoms with van der Waals surface area (Å²) in [5.74, 6) is -0.412. The van der Waals surface area contributed by atoms with Crippen LogP contribution < -0.4 is 0 Å². The molecule has 4 rings (SSSR count). The molecule has 0 unspecified atom stereocenters. The number of hydrogen-bond donors (Lipinski definition) is 0. The lowest BCUT2D eigenvalue weighted by Crippen LogP contribution is -2.60. The van der Waals surface area contributed by atoms with Gasteiger partial charge in [-0.05, 0) is 93.5 Å². The van der Waals surface area contributed by atoms with Crippen LogP contribution in [0.1, 0.15) is 90.0 Å². The molecule has 0 aromatic heterocycles. The van der Waals surface area contributed by atoms with Gasteiger partial charge >= 0.3 is 12.2 Å². The minimum atomic E-state index is -0.581. The van der Waals surface area contributed by atoms with Crippen LogP contribution in [0.25, 0.3) is 0 Å². The number of rotatable bonds is 4. The van der Waals surface area contributed by atoms with E-state index in [1.165, 1.54) is 48.5 Å². The molecule has 0 aliphatic carbocycles. The largest absolute Gasteiger partial charge is 0.444 e. The Balaban J connectivity index is 0.000000280. The predicted octanol–water partition coefficient (Wildman–Crippen LogP) is 6.13. The summed E-state index contributed by atoms with van der Waals surface area (Å²) < 4.78 is 10.9. The van der Waals surface area contributed by atoms with E-state index in [0.29, 0.717) is 37.3 Å². The summed E-state index contributed by atoms with van der Waals surface area (Å²) in [6, 6.07) is 10.3. The summed E-state index contributed by atoms with van der Waals surface area (Å²) >= 11 is 0. The summed E-state index contributed by atoms with van der Waals surface area (Å²) in [6.07, 6.45) is -0.778. The van der Waals surface area contributed by atoms with E-state index >= 15 is 0 Å². The van der Waals surface area contributed by atoms with Gasteiger partial charge in [0.25, 0.3) is 23.2 Å². The molecule has 16 heteroatoms. The lowest BCUT2D eigenvalue weighted by atomic mass is 10.1. The van der Waals surface area contributed by atoms with Crippen LogP contribution >= 0.6 is 0 Å². The Hall–Kier alpha value is -5.28. The van der Waals surface area contributed by atoms with Crippen LogP contribution in [0.15, 0.2) is 48.5 Å². The molecule has 2 heterocycles. The van der Waals surface area contributed by atoms with Gasteiger partial charge in [-0.2, -0.15) is 0 Å². The Morgan fingerprint density at radius 3 is 1.02 bits per heavy atom. The van der Waals surface area contributed by atoms with E-state index in [0.717, 1.165) is 0 Å². The molecule has 0 saturated carbocycles. The molecule has 52 heavy (non-hydrogen) atoms. The molecule has 4 amide bonds. The van der Waals surface area contributed by atoms with Gasteiger partial charge < -0.3 is 19.3 Å². The van der Waals surface area contributed by atoms with Crippen molar-refractivity contribution in [2.24, 2.45) is 0 Å². The molecule has 0 bridgehead atoms. The van der Waals surface area contributed by atoms with Crippen molar-refractivity contribution in [3.63, 3.8) is 0 Å². The molecule has 0 spiro atoms. The van der Waals surface area contributed by atoms with Crippen LogP contribution in [-0.2, 0) is 9.47 Å². The second-order valence-electron chi connectivity index (χ2n) is 15.2. The Morgan fingerprint density at radius 2 is 0.808 bits per heavy atom. The Morgan fingerprint density at radius 1 is 0.558 bits per heavy atom. The lowest BCUT2D eigenvalue weighted by Gasteiger charge is -2.44. The SMILES string of the molecule is C[C@@H]1CN(C(=O)c2ccc([N+](=O)[O-])cc2)C[C@H](C)N1C(=O)OC(C)(C)C.C[C@@H]1CN(C(=O)c2ccc([N+](=O)[O-])cc2)C[C@H](C)N1C(=O)OC(C)(C)C. The number of piperazine rings is 2. The summed E-state index contributed by atoms with van der Waals surface area (Å²) in [4.78, 5) is 77.3. The third-order valence-electron chi connectivity index (χ3n) is 8.27. The predicted molar refractivity (Wildman–Crippen MR) is 192 cm³/mol. The zero-order valence-corrected chi connectivity index (χ0v) is 31.5. The number of carbonyl (C=O) groups excluding carboxylic acids is 4. The number of nitro benzene ring substituents is 2. The van der Waals surface area contributed by atoms with Crippen molar-refractivity contribution in [1.82, 2.24) is 19.6 Å². The number of benzene rings is 2. The summed E-state index contributed by atoms with van der Waals surface area (Å²) in [7, 11) is 0. The molecule has 2 fully saturated rings. The number of ether oxygens (including phenoxy) is 2. The van der Waals surface area contributed by atoms with E-state index in [2.05, 4.69) is 0 Å². The van der Waals surface area contributed by atoms with E-state index in [4.69, 9.17) is 9.47 Å². The fourth-order valence-corrected chi connectivity index (χ4v) is 6.14. The maximum atomic E-state index is 12.7. The second kappa shape index (κ2) is 16.4. The highest BCUT2D eigenvalue weighted by atomic mass is 16.6. The highest BCUT2D eigenvalue weighted by molar-refractivity contribution is 5.95. The zero-order chi connectivity index (χ0) is 39.3. The number of non-ortho nitro benzene ring substituents is 2. The van der Waals surface area contributed by atoms with Gasteiger partial charge in [-0.25, -0.2) is 9.59 Å². The fraction of sp³-hybridized carbons (Fsp3) is 0.556. The van der Waals surface area contributed by atoms with E-state index in [1.54, 1.807) is 19.6 Å². The van der Waals surface area contributed by atoms with Crippen molar-refractivity contribution in [1.29, 1.82) is 0 Å². The van der Waals surface area contributed by atoms with Gasteiger partial charge in [0, 0.05) is 61.6 Å². The zero-order valence-electron chi connectivity index (χ0n) is 31.5. The normalized spacial score (nSPS) is 20.7. The number of carbonyl (C=O) groups is 4. The molecular weight excluding hydrogens is 676 g/mol. The molecule has 2 aliphatic heterocycles. The third kappa shape index (κ3) is 10.9. The summed E-state index contributed by atoms with van der Waals surface area (Å²) in [5.41, 5.74) is -0.498. The summed E-state index contributed by atoms with van der Waals surface area (Å²) in [6.45, 7) is 19.9. The van der Waals surface area contributed by atoms with Gasteiger partial charge in [0.05, 0.1) is 34.0 Å². The molecule has 4 atom stereocenters. The van der Waals surface area contributed by atoms with E-state index in [9.17, 15) is 39.4 Å². The molecule has 284 valence electrons. The Bertz CT molecular complexity index is 1490. The molecule has 2 aromatic rings. The molecule has 16 nitrogen and oxygen atoms in total. The molecule has 2 aliphatic rings. The minimum Gasteiger partial charge on any atom is -0.444 e. The average Bonchev–Trinajstić information content (AvgIpc) is 3.02. The maximum Gasteiger partial charge on any atom is 0.410 e. The van der Waals surface area contributed by atoms with Crippen LogP contribution in [0.3, 0.4) is 0 Å². The lowest BCUT2D eigenvalue weighted by molar-refractivity contribution is -0.385. The van der Waals surface area contributed by atoms with Crippen molar-refractivity contribution in [3.8, 4) is 0 Å². The first-order valence-corrected chi connectivity index (χ1v) is 17.1. The minimum absolute atomic E-state index is 0.0574. The second-order valence-corrected chi connectivity index (χ2v) is 15.2. The van der Waals surface area contributed by atoms with Crippen molar-refractivity contribution >= 4 is 35.4 Å². The van der Waals surface area contributed by atoms with Gasteiger partial charge in [0.2, 0.25) is 0 Å². The molecular formula is C36H50N6O10. The third-order valence-corrected chi connectivity index (χ3v) is 8.27. The van der Waals surface area contributed by atoms with Gasteiger partial charge in [0.15, 0.2) is 0 Å². The smallest absolute Gasteiger partial charge is 0.410 e. The van der Waals surface area contributed by atoms with Gasteiger partial charge in [-0.3, -0.25) is 39.6 Å². The highest BCUT2D eigenvalue weighted by Crippen LogP contribution is 2.24. The first-order valence-electron chi connectivity index (χ1n) is 17.1. The van der Waals surface area contributed by atoms with E-state index in [-0.39, 0.29) is 59.5 Å².